The third kappa shape index (κ3) is 2.29. The van der Waals surface area contributed by atoms with Crippen molar-refractivity contribution in [1.29, 1.82) is 0 Å². The van der Waals surface area contributed by atoms with Gasteiger partial charge in [-0.25, -0.2) is 4.79 Å². The van der Waals surface area contributed by atoms with Gasteiger partial charge in [0, 0.05) is 11.5 Å². The van der Waals surface area contributed by atoms with E-state index in [0.29, 0.717) is 10.9 Å². The number of hydrogen-bond acceptors (Lipinski definition) is 5. The fourth-order valence-electron chi connectivity index (χ4n) is 0.974. The van der Waals surface area contributed by atoms with E-state index in [2.05, 4.69) is 9.36 Å². The Hall–Kier alpha value is -1.95. The van der Waals surface area contributed by atoms with Gasteiger partial charge >= 0.3 is 5.97 Å². The first kappa shape index (κ1) is 9.60. The van der Waals surface area contributed by atoms with Crippen molar-refractivity contribution in [1.82, 2.24) is 9.36 Å². The van der Waals surface area contributed by atoms with Crippen LogP contribution in [-0.4, -0.2) is 20.4 Å². The van der Waals surface area contributed by atoms with Crippen molar-refractivity contribution in [3.63, 3.8) is 0 Å². The zero-order valence-corrected chi connectivity index (χ0v) is 8.27. The van der Waals surface area contributed by atoms with Crippen LogP contribution in [0.15, 0.2) is 30.6 Å². The molecule has 1 aromatic carbocycles. The Morgan fingerprint density at radius 1 is 1.33 bits per heavy atom. The maximum Gasteiger partial charge on any atom is 0.335 e. The second-order valence-electron chi connectivity index (χ2n) is 2.64. The summed E-state index contributed by atoms with van der Waals surface area (Å²) >= 11 is 1.13. The Labute approximate surface area is 89.1 Å². The van der Waals surface area contributed by atoms with Gasteiger partial charge in [-0.3, -0.25) is 0 Å². The molecule has 0 spiro atoms. The predicted molar refractivity (Wildman–Crippen MR) is 53.4 cm³/mol. The van der Waals surface area contributed by atoms with Gasteiger partial charge in [0.2, 0.25) is 0 Å². The average Bonchev–Trinajstić information content (AvgIpc) is 2.71. The van der Waals surface area contributed by atoms with E-state index >= 15 is 0 Å². The number of nitrogens with zero attached hydrogens (tertiary/aromatic N) is 2. The third-order valence-electron chi connectivity index (χ3n) is 1.65. The van der Waals surface area contributed by atoms with Crippen LogP contribution in [0.3, 0.4) is 0 Å². The number of hydrogen-bond donors (Lipinski definition) is 1. The number of aromatic carboxylic acids is 1. The Bertz CT molecular complexity index is 453. The number of aromatic nitrogens is 2. The first-order chi connectivity index (χ1) is 7.25. The first-order valence-electron chi connectivity index (χ1n) is 4.03. The zero-order chi connectivity index (χ0) is 10.7. The minimum atomic E-state index is -0.961. The summed E-state index contributed by atoms with van der Waals surface area (Å²) in [5.74, 6) is -0.422. The third-order valence-corrected chi connectivity index (χ3v) is 2.19. The summed E-state index contributed by atoms with van der Waals surface area (Å²) in [4.78, 5) is 14.4. The van der Waals surface area contributed by atoms with E-state index < -0.39 is 5.97 Å². The zero-order valence-electron chi connectivity index (χ0n) is 7.45. The number of carboxylic acids is 1. The highest BCUT2D eigenvalue weighted by molar-refractivity contribution is 7.07. The predicted octanol–water partition coefficient (Wildman–Crippen LogP) is 2.03. The van der Waals surface area contributed by atoms with Crippen molar-refractivity contribution in [2.75, 3.05) is 0 Å². The highest BCUT2D eigenvalue weighted by Crippen LogP contribution is 2.21. The highest BCUT2D eigenvalue weighted by atomic mass is 32.1. The largest absolute Gasteiger partial charge is 0.478 e. The molecule has 0 aliphatic rings. The van der Waals surface area contributed by atoms with Crippen LogP contribution in [0.25, 0.3) is 0 Å². The minimum absolute atomic E-state index is 0.222. The van der Waals surface area contributed by atoms with E-state index in [1.165, 1.54) is 18.5 Å². The maximum absolute atomic E-state index is 10.6. The molecule has 0 saturated carbocycles. The Kier molecular flexibility index (Phi) is 2.59. The van der Waals surface area contributed by atoms with Gasteiger partial charge in [-0.2, -0.15) is 9.36 Å². The molecular formula is C9H6N2O3S. The highest BCUT2D eigenvalue weighted by Gasteiger charge is 2.03. The lowest BCUT2D eigenvalue weighted by Crippen LogP contribution is -1.95. The van der Waals surface area contributed by atoms with Gasteiger partial charge in [0.1, 0.15) is 12.1 Å². The van der Waals surface area contributed by atoms with Gasteiger partial charge in [0.25, 0.3) is 5.19 Å². The van der Waals surface area contributed by atoms with E-state index in [1.807, 2.05) is 0 Å². The summed E-state index contributed by atoms with van der Waals surface area (Å²) in [5, 5.41) is 9.10. The number of carbonyl (C=O) groups is 1. The van der Waals surface area contributed by atoms with E-state index in [-0.39, 0.29) is 5.56 Å². The van der Waals surface area contributed by atoms with Gasteiger partial charge in [-0.1, -0.05) is 0 Å². The van der Waals surface area contributed by atoms with Crippen LogP contribution in [0.5, 0.6) is 10.9 Å². The Balaban J connectivity index is 2.14. The van der Waals surface area contributed by atoms with Crippen molar-refractivity contribution >= 4 is 17.5 Å². The smallest absolute Gasteiger partial charge is 0.335 e. The van der Waals surface area contributed by atoms with Gasteiger partial charge < -0.3 is 9.84 Å². The summed E-state index contributed by atoms with van der Waals surface area (Å²) in [7, 11) is 0. The van der Waals surface area contributed by atoms with Gasteiger partial charge in [-0.05, 0) is 24.3 Å². The summed E-state index contributed by atoms with van der Waals surface area (Å²) in [6, 6.07) is 6.09. The molecule has 0 amide bonds. The molecule has 5 nitrogen and oxygen atoms in total. The number of benzene rings is 1. The summed E-state index contributed by atoms with van der Waals surface area (Å²) < 4.78 is 9.08. The van der Waals surface area contributed by atoms with Crippen molar-refractivity contribution in [2.45, 2.75) is 0 Å². The van der Waals surface area contributed by atoms with Crippen LogP contribution in [-0.2, 0) is 0 Å². The summed E-state index contributed by atoms with van der Waals surface area (Å²) in [5.41, 5.74) is 0.222. The average molecular weight is 222 g/mol. The van der Waals surface area contributed by atoms with Crippen molar-refractivity contribution in [3.8, 4) is 10.9 Å². The van der Waals surface area contributed by atoms with Crippen LogP contribution < -0.4 is 4.74 Å². The lowest BCUT2D eigenvalue weighted by molar-refractivity contribution is 0.0697. The van der Waals surface area contributed by atoms with Crippen molar-refractivity contribution in [3.05, 3.63) is 36.2 Å². The van der Waals surface area contributed by atoms with Crippen molar-refractivity contribution < 1.29 is 14.6 Å². The molecule has 0 saturated heterocycles. The van der Waals surface area contributed by atoms with E-state index in [9.17, 15) is 4.79 Å². The number of rotatable bonds is 3. The maximum atomic E-state index is 10.6. The molecule has 15 heavy (non-hydrogen) atoms. The molecule has 0 radical (unpaired) electrons. The van der Waals surface area contributed by atoms with Crippen LogP contribution in [0.1, 0.15) is 10.4 Å². The van der Waals surface area contributed by atoms with Crippen LogP contribution in [0, 0.1) is 0 Å². The van der Waals surface area contributed by atoms with Crippen LogP contribution in [0.4, 0.5) is 0 Å². The SMILES string of the molecule is O=C(O)c1ccc(Oc2ncns2)cc1. The molecule has 2 rings (SSSR count). The topological polar surface area (TPSA) is 72.3 Å². The molecule has 6 heteroatoms. The lowest BCUT2D eigenvalue weighted by atomic mass is 10.2. The molecule has 1 heterocycles. The molecule has 0 fully saturated rings. The van der Waals surface area contributed by atoms with E-state index in [0.717, 1.165) is 11.5 Å². The molecule has 76 valence electrons. The minimum Gasteiger partial charge on any atom is -0.478 e. The van der Waals surface area contributed by atoms with E-state index in [4.69, 9.17) is 9.84 Å². The second kappa shape index (κ2) is 4.05. The lowest BCUT2D eigenvalue weighted by Gasteiger charge is -2.00. The standard InChI is InChI=1S/C9H6N2O3S/c12-8(13)6-1-3-7(4-2-6)14-9-10-5-11-15-9/h1-5H,(H,12,13). The summed E-state index contributed by atoms with van der Waals surface area (Å²) in [6.45, 7) is 0. The fourth-order valence-corrected chi connectivity index (χ4v) is 1.39. The van der Waals surface area contributed by atoms with E-state index in [1.54, 1.807) is 12.1 Å². The summed E-state index contributed by atoms with van der Waals surface area (Å²) in [6.07, 6.45) is 1.39. The monoisotopic (exact) mass is 222 g/mol. The van der Waals surface area contributed by atoms with Crippen LogP contribution in [0.2, 0.25) is 0 Å². The second-order valence-corrected chi connectivity index (χ2v) is 3.38. The molecule has 0 aliphatic carbocycles. The molecule has 0 unspecified atom stereocenters. The molecule has 0 bridgehead atoms. The van der Waals surface area contributed by atoms with Crippen molar-refractivity contribution in [2.24, 2.45) is 0 Å². The number of carboxylic acid groups (broad SMARTS) is 1. The molecule has 2 aromatic rings. The normalized spacial score (nSPS) is 9.87. The van der Waals surface area contributed by atoms with Crippen LogP contribution >= 0.6 is 11.5 Å². The molecule has 0 atom stereocenters. The Morgan fingerprint density at radius 2 is 2.07 bits per heavy atom. The molecule has 1 N–H and O–H groups in total. The fraction of sp³-hybridized carbons (Fsp3) is 0. The molecular weight excluding hydrogens is 216 g/mol. The quantitative estimate of drug-likeness (QED) is 0.860. The molecule has 0 aliphatic heterocycles. The molecule has 1 aromatic heterocycles. The van der Waals surface area contributed by atoms with Gasteiger partial charge in [0.15, 0.2) is 0 Å². The first-order valence-corrected chi connectivity index (χ1v) is 4.81. The number of ether oxygens (including phenoxy) is 1. The Morgan fingerprint density at radius 3 is 2.60 bits per heavy atom. The van der Waals surface area contributed by atoms with Gasteiger partial charge in [0.05, 0.1) is 5.56 Å². The van der Waals surface area contributed by atoms with Gasteiger partial charge in [-0.15, -0.1) is 0 Å².